The molecule has 1 N–H and O–H groups in total. The number of halogens is 2. The van der Waals surface area contributed by atoms with Crippen molar-refractivity contribution in [2.24, 2.45) is 0 Å². The first kappa shape index (κ1) is 20.2. The largest absolute Gasteiger partial charge is 0.442 e. The summed E-state index contributed by atoms with van der Waals surface area (Å²) in [6.07, 6.45) is 0.711. The molecule has 28 heavy (non-hydrogen) atoms. The Morgan fingerprint density at radius 2 is 1.93 bits per heavy atom. The molecule has 7 nitrogen and oxygen atoms in total. The molecule has 0 aliphatic heterocycles. The lowest BCUT2D eigenvalue weighted by atomic mass is 10.1. The Kier molecular flexibility index (Phi) is 5.61. The molecule has 0 aliphatic rings. The zero-order chi connectivity index (χ0) is 20.5. The first-order valence-corrected chi connectivity index (χ1v) is 9.75. The Balaban J connectivity index is 1.95. The van der Waals surface area contributed by atoms with Gasteiger partial charge in [-0.25, -0.2) is 14.2 Å². The van der Waals surface area contributed by atoms with Gasteiger partial charge in [-0.2, -0.15) is 4.68 Å². The molecule has 3 aromatic rings. The van der Waals surface area contributed by atoms with E-state index in [2.05, 4.69) is 31.3 Å². The Bertz CT molecular complexity index is 1020. The lowest BCUT2D eigenvalue weighted by Gasteiger charge is -2.19. The van der Waals surface area contributed by atoms with Crippen molar-refractivity contribution in [3.8, 4) is 11.3 Å². The van der Waals surface area contributed by atoms with Crippen molar-refractivity contribution in [2.45, 2.75) is 26.4 Å². The predicted octanol–water partition coefficient (Wildman–Crippen LogP) is 4.94. The number of thiazole rings is 1. The van der Waals surface area contributed by atoms with Crippen molar-refractivity contribution < 1.29 is 18.7 Å². The van der Waals surface area contributed by atoms with E-state index in [1.807, 2.05) is 0 Å². The minimum Gasteiger partial charge on any atom is -0.442 e. The van der Waals surface area contributed by atoms with E-state index < -0.39 is 23.4 Å². The Hall–Kier alpha value is -2.59. The summed E-state index contributed by atoms with van der Waals surface area (Å²) in [6, 6.07) is 7.09. The Morgan fingerprint density at radius 1 is 1.25 bits per heavy atom. The lowest BCUT2D eigenvalue weighted by molar-refractivity contribution is 0.0518. The average Bonchev–Trinajstić information content (AvgIpc) is 3.20. The first-order valence-electron chi connectivity index (χ1n) is 8.14. The molecule has 0 saturated carbocycles. The minimum atomic E-state index is -0.735. The van der Waals surface area contributed by atoms with Crippen LogP contribution in [0.5, 0.6) is 0 Å². The van der Waals surface area contributed by atoms with E-state index >= 15 is 0 Å². The number of carbonyl (C=O) groups is 2. The Labute approximate surface area is 172 Å². The van der Waals surface area contributed by atoms with Gasteiger partial charge in [0.05, 0.1) is 11.9 Å². The second-order valence-electron chi connectivity index (χ2n) is 6.75. The molecule has 1 aromatic carbocycles. The van der Waals surface area contributed by atoms with E-state index in [-0.39, 0.29) is 5.82 Å². The van der Waals surface area contributed by atoms with E-state index in [1.54, 1.807) is 20.8 Å². The highest BCUT2D eigenvalue weighted by Gasteiger charge is 2.23. The SMILES string of the molecule is CC(C)(C)OC(=O)n1nc(NC(=O)c2cnc(Br)s2)cc1-c1ccc(F)cc1. The quantitative estimate of drug-likeness (QED) is 0.590. The average molecular weight is 467 g/mol. The van der Waals surface area contributed by atoms with Gasteiger partial charge in [0.15, 0.2) is 9.73 Å². The maximum absolute atomic E-state index is 13.3. The molecule has 0 aliphatic carbocycles. The van der Waals surface area contributed by atoms with Crippen molar-refractivity contribution in [1.29, 1.82) is 0 Å². The zero-order valence-electron chi connectivity index (χ0n) is 15.2. The van der Waals surface area contributed by atoms with E-state index in [9.17, 15) is 14.0 Å². The second kappa shape index (κ2) is 7.80. The minimum absolute atomic E-state index is 0.153. The van der Waals surface area contributed by atoms with Crippen molar-refractivity contribution in [2.75, 3.05) is 5.32 Å². The van der Waals surface area contributed by atoms with Crippen molar-refractivity contribution in [1.82, 2.24) is 14.8 Å². The number of ether oxygens (including phenoxy) is 1. The Morgan fingerprint density at radius 3 is 2.50 bits per heavy atom. The van der Waals surface area contributed by atoms with E-state index in [4.69, 9.17) is 4.74 Å². The van der Waals surface area contributed by atoms with Gasteiger partial charge in [-0.05, 0) is 61.0 Å². The van der Waals surface area contributed by atoms with Gasteiger partial charge < -0.3 is 10.1 Å². The van der Waals surface area contributed by atoms with E-state index in [1.165, 1.54) is 36.5 Å². The number of hydrogen-bond donors (Lipinski definition) is 1. The van der Waals surface area contributed by atoms with Gasteiger partial charge in [0.2, 0.25) is 0 Å². The molecular weight excluding hydrogens is 451 g/mol. The summed E-state index contributed by atoms with van der Waals surface area (Å²) >= 11 is 4.36. The predicted molar refractivity (Wildman–Crippen MR) is 107 cm³/mol. The maximum Gasteiger partial charge on any atom is 0.435 e. The third kappa shape index (κ3) is 4.82. The van der Waals surface area contributed by atoms with E-state index in [0.717, 1.165) is 16.0 Å². The van der Waals surface area contributed by atoms with Crippen LogP contribution >= 0.6 is 27.3 Å². The van der Waals surface area contributed by atoms with E-state index in [0.29, 0.717) is 20.1 Å². The summed E-state index contributed by atoms with van der Waals surface area (Å²) < 4.78 is 20.3. The van der Waals surface area contributed by atoms with Crippen LogP contribution in [-0.4, -0.2) is 32.4 Å². The fourth-order valence-corrected chi connectivity index (χ4v) is 3.41. The van der Waals surface area contributed by atoms with Gasteiger partial charge in [0.1, 0.15) is 16.3 Å². The molecule has 0 bridgehead atoms. The molecule has 0 atom stereocenters. The third-order valence-electron chi connectivity index (χ3n) is 3.36. The normalized spacial score (nSPS) is 11.3. The van der Waals surface area contributed by atoms with Gasteiger partial charge in [-0.1, -0.05) is 0 Å². The van der Waals surface area contributed by atoms with Gasteiger partial charge in [-0.3, -0.25) is 4.79 Å². The number of carbonyl (C=O) groups excluding carboxylic acids is 2. The molecule has 0 spiro atoms. The molecule has 0 saturated heterocycles. The summed E-state index contributed by atoms with van der Waals surface area (Å²) in [7, 11) is 0. The molecule has 146 valence electrons. The fraction of sp³-hybridized carbons (Fsp3) is 0.222. The number of nitrogens with one attached hydrogen (secondary N) is 1. The van der Waals surface area contributed by atoms with Crippen LogP contribution in [0.1, 0.15) is 30.4 Å². The number of benzene rings is 1. The molecule has 0 unspecified atom stereocenters. The van der Waals surface area contributed by atoms with Crippen LogP contribution in [0.15, 0.2) is 40.4 Å². The molecule has 3 rings (SSSR count). The van der Waals surface area contributed by atoms with Gasteiger partial charge in [-0.15, -0.1) is 16.4 Å². The number of rotatable bonds is 3. The fourth-order valence-electron chi connectivity index (χ4n) is 2.25. The molecule has 1 amide bonds. The molecule has 0 radical (unpaired) electrons. The summed E-state index contributed by atoms with van der Waals surface area (Å²) in [4.78, 5) is 29.3. The third-order valence-corrected chi connectivity index (χ3v) is 4.83. The smallest absolute Gasteiger partial charge is 0.435 e. The first-order chi connectivity index (χ1) is 13.1. The van der Waals surface area contributed by atoms with Gasteiger partial charge in [0, 0.05) is 11.6 Å². The molecule has 10 heteroatoms. The summed E-state index contributed by atoms with van der Waals surface area (Å²) in [5.41, 5.74) is 0.164. The zero-order valence-corrected chi connectivity index (χ0v) is 17.6. The highest BCUT2D eigenvalue weighted by molar-refractivity contribution is 9.11. The monoisotopic (exact) mass is 466 g/mol. The van der Waals surface area contributed by atoms with Crippen LogP contribution in [0.2, 0.25) is 0 Å². The van der Waals surface area contributed by atoms with Crippen LogP contribution in [-0.2, 0) is 4.74 Å². The van der Waals surface area contributed by atoms with Crippen molar-refractivity contribution >= 4 is 45.1 Å². The highest BCUT2D eigenvalue weighted by Crippen LogP contribution is 2.25. The molecular formula is C18H16BrFN4O3S. The maximum atomic E-state index is 13.3. The number of hydrogen-bond acceptors (Lipinski definition) is 6. The van der Waals surface area contributed by atoms with Crippen LogP contribution in [0.25, 0.3) is 11.3 Å². The number of anilines is 1. The van der Waals surface area contributed by atoms with Crippen LogP contribution in [0, 0.1) is 5.82 Å². The standard InChI is InChI=1S/C18H16BrFN4O3S/c1-18(2,3)27-17(26)24-12(10-4-6-11(20)7-5-10)8-14(23-24)22-15(25)13-9-21-16(19)28-13/h4-9H,1-3H3,(H,22,23,25). The summed E-state index contributed by atoms with van der Waals surface area (Å²) in [5.74, 6) is -0.668. The topological polar surface area (TPSA) is 86.1 Å². The van der Waals surface area contributed by atoms with Crippen LogP contribution < -0.4 is 5.32 Å². The summed E-state index contributed by atoms with van der Waals surface area (Å²) in [6.45, 7) is 5.20. The summed E-state index contributed by atoms with van der Waals surface area (Å²) in [5, 5.41) is 6.78. The van der Waals surface area contributed by atoms with Crippen LogP contribution in [0.4, 0.5) is 15.0 Å². The number of nitrogens with zero attached hydrogens (tertiary/aromatic N) is 3. The number of amides is 1. The van der Waals surface area contributed by atoms with Gasteiger partial charge in [0.25, 0.3) is 5.91 Å². The number of aromatic nitrogens is 3. The highest BCUT2D eigenvalue weighted by atomic mass is 79.9. The lowest BCUT2D eigenvalue weighted by Crippen LogP contribution is -2.28. The van der Waals surface area contributed by atoms with Crippen molar-refractivity contribution in [3.63, 3.8) is 0 Å². The molecule has 2 heterocycles. The van der Waals surface area contributed by atoms with Crippen molar-refractivity contribution in [3.05, 3.63) is 51.1 Å². The molecule has 2 aromatic heterocycles. The van der Waals surface area contributed by atoms with Crippen LogP contribution in [0.3, 0.4) is 0 Å². The second-order valence-corrected chi connectivity index (χ2v) is 9.05. The molecule has 0 fully saturated rings. The van der Waals surface area contributed by atoms with Gasteiger partial charge >= 0.3 is 6.09 Å².